The standard InChI is InChI=1S/C17H23FN2O3/c1-12(8-10-21)19-16(22)14-3-2-9-20(11-14)17(23)13-4-6-15(18)7-5-13/h4-7,12,14,21H,2-3,8-11H2,1H3,(H,19,22). The SMILES string of the molecule is CC(CCO)NC(=O)C1CCCN(C(=O)c2ccc(F)cc2)C1. The fourth-order valence-electron chi connectivity index (χ4n) is 2.78. The van der Waals surface area contributed by atoms with Crippen LogP contribution < -0.4 is 5.32 Å². The van der Waals surface area contributed by atoms with Crippen molar-refractivity contribution in [1.82, 2.24) is 10.2 Å². The molecule has 5 nitrogen and oxygen atoms in total. The number of benzene rings is 1. The molecule has 126 valence electrons. The van der Waals surface area contributed by atoms with Gasteiger partial charge in [0.25, 0.3) is 5.91 Å². The van der Waals surface area contributed by atoms with Crippen LogP contribution in [0, 0.1) is 11.7 Å². The summed E-state index contributed by atoms with van der Waals surface area (Å²) in [6.45, 7) is 2.85. The largest absolute Gasteiger partial charge is 0.396 e. The summed E-state index contributed by atoms with van der Waals surface area (Å²) in [4.78, 5) is 26.3. The van der Waals surface area contributed by atoms with Crippen LogP contribution >= 0.6 is 0 Å². The summed E-state index contributed by atoms with van der Waals surface area (Å²) in [5.41, 5.74) is 0.432. The number of hydrogen-bond acceptors (Lipinski definition) is 3. The molecule has 1 heterocycles. The summed E-state index contributed by atoms with van der Waals surface area (Å²) in [5, 5.41) is 11.8. The molecule has 0 aliphatic carbocycles. The number of rotatable bonds is 5. The summed E-state index contributed by atoms with van der Waals surface area (Å²) < 4.78 is 12.9. The summed E-state index contributed by atoms with van der Waals surface area (Å²) in [6, 6.07) is 5.36. The first kappa shape index (κ1) is 17.4. The van der Waals surface area contributed by atoms with Gasteiger partial charge in [-0.15, -0.1) is 0 Å². The molecule has 1 saturated heterocycles. The molecule has 2 unspecified atom stereocenters. The highest BCUT2D eigenvalue weighted by atomic mass is 19.1. The third-order valence-electron chi connectivity index (χ3n) is 4.12. The molecule has 2 atom stereocenters. The van der Waals surface area contributed by atoms with Crippen LogP contribution in [-0.4, -0.2) is 47.6 Å². The van der Waals surface area contributed by atoms with Crippen molar-refractivity contribution in [3.05, 3.63) is 35.6 Å². The van der Waals surface area contributed by atoms with E-state index in [1.54, 1.807) is 4.90 Å². The topological polar surface area (TPSA) is 69.6 Å². The molecular weight excluding hydrogens is 299 g/mol. The Morgan fingerprint density at radius 3 is 2.74 bits per heavy atom. The van der Waals surface area contributed by atoms with Crippen molar-refractivity contribution in [3.63, 3.8) is 0 Å². The summed E-state index contributed by atoms with van der Waals surface area (Å²) in [6.07, 6.45) is 2.01. The highest BCUT2D eigenvalue weighted by Gasteiger charge is 2.29. The van der Waals surface area contributed by atoms with E-state index in [0.717, 1.165) is 12.8 Å². The van der Waals surface area contributed by atoms with E-state index in [1.165, 1.54) is 24.3 Å². The fraction of sp³-hybridized carbons (Fsp3) is 0.529. The number of aliphatic hydroxyl groups is 1. The Kier molecular flexibility index (Phi) is 6.10. The van der Waals surface area contributed by atoms with Gasteiger partial charge in [-0.2, -0.15) is 0 Å². The smallest absolute Gasteiger partial charge is 0.253 e. The van der Waals surface area contributed by atoms with Crippen LogP contribution in [0.25, 0.3) is 0 Å². The van der Waals surface area contributed by atoms with Gasteiger partial charge in [-0.25, -0.2) is 4.39 Å². The molecule has 23 heavy (non-hydrogen) atoms. The molecule has 0 spiro atoms. The second-order valence-electron chi connectivity index (χ2n) is 6.02. The van der Waals surface area contributed by atoms with Crippen LogP contribution in [0.15, 0.2) is 24.3 Å². The van der Waals surface area contributed by atoms with Crippen molar-refractivity contribution in [2.45, 2.75) is 32.2 Å². The van der Waals surface area contributed by atoms with E-state index >= 15 is 0 Å². The molecule has 2 rings (SSSR count). The summed E-state index contributed by atoms with van der Waals surface area (Å²) in [7, 11) is 0. The van der Waals surface area contributed by atoms with Gasteiger partial charge in [0.15, 0.2) is 0 Å². The fourth-order valence-corrected chi connectivity index (χ4v) is 2.78. The lowest BCUT2D eigenvalue weighted by molar-refractivity contribution is -0.127. The van der Waals surface area contributed by atoms with Gasteiger partial charge in [0.2, 0.25) is 5.91 Å². The van der Waals surface area contributed by atoms with Gasteiger partial charge < -0.3 is 15.3 Å². The predicted molar refractivity (Wildman–Crippen MR) is 84.3 cm³/mol. The number of amides is 2. The Hall–Kier alpha value is -1.95. The molecule has 6 heteroatoms. The van der Waals surface area contributed by atoms with Gasteiger partial charge in [0.1, 0.15) is 5.82 Å². The predicted octanol–water partition coefficient (Wildman–Crippen LogP) is 1.56. The van der Waals surface area contributed by atoms with Crippen molar-refractivity contribution in [1.29, 1.82) is 0 Å². The van der Waals surface area contributed by atoms with Crippen LogP contribution in [0.3, 0.4) is 0 Å². The molecule has 1 fully saturated rings. The number of piperidine rings is 1. The van der Waals surface area contributed by atoms with E-state index in [2.05, 4.69) is 5.32 Å². The number of carbonyl (C=O) groups is 2. The second kappa shape index (κ2) is 8.06. The first-order valence-electron chi connectivity index (χ1n) is 7.97. The first-order valence-corrected chi connectivity index (χ1v) is 7.97. The van der Waals surface area contributed by atoms with E-state index in [0.29, 0.717) is 25.1 Å². The number of nitrogens with zero attached hydrogens (tertiary/aromatic N) is 1. The maximum Gasteiger partial charge on any atom is 0.253 e. The van der Waals surface area contributed by atoms with E-state index < -0.39 is 0 Å². The minimum absolute atomic E-state index is 0.0291. The number of halogens is 1. The lowest BCUT2D eigenvalue weighted by Gasteiger charge is -2.32. The van der Waals surface area contributed by atoms with Gasteiger partial charge in [-0.05, 0) is 50.5 Å². The number of nitrogens with one attached hydrogen (secondary N) is 1. The highest BCUT2D eigenvalue weighted by Crippen LogP contribution is 2.19. The van der Waals surface area contributed by atoms with Crippen molar-refractivity contribution in [2.75, 3.05) is 19.7 Å². The lowest BCUT2D eigenvalue weighted by atomic mass is 9.96. The van der Waals surface area contributed by atoms with Crippen LogP contribution in [0.2, 0.25) is 0 Å². The molecule has 0 radical (unpaired) electrons. The number of aliphatic hydroxyl groups excluding tert-OH is 1. The molecule has 1 aliphatic heterocycles. The molecule has 1 aromatic rings. The van der Waals surface area contributed by atoms with Gasteiger partial charge in [0.05, 0.1) is 5.92 Å². The molecule has 2 amide bonds. The Morgan fingerprint density at radius 1 is 1.39 bits per heavy atom. The van der Waals surface area contributed by atoms with Gasteiger partial charge in [-0.3, -0.25) is 9.59 Å². The second-order valence-corrected chi connectivity index (χ2v) is 6.02. The zero-order valence-electron chi connectivity index (χ0n) is 13.3. The third-order valence-corrected chi connectivity index (χ3v) is 4.12. The van der Waals surface area contributed by atoms with Crippen molar-refractivity contribution < 1.29 is 19.1 Å². The van der Waals surface area contributed by atoms with E-state index in [9.17, 15) is 14.0 Å². The van der Waals surface area contributed by atoms with Crippen molar-refractivity contribution in [3.8, 4) is 0 Å². The van der Waals surface area contributed by atoms with Crippen LogP contribution in [0.1, 0.15) is 36.5 Å². The molecule has 0 bridgehead atoms. The molecule has 0 saturated carbocycles. The van der Waals surface area contributed by atoms with Gasteiger partial charge >= 0.3 is 0 Å². The van der Waals surface area contributed by atoms with Crippen LogP contribution in [0.4, 0.5) is 4.39 Å². The summed E-state index contributed by atoms with van der Waals surface area (Å²) >= 11 is 0. The van der Waals surface area contributed by atoms with E-state index in [4.69, 9.17) is 5.11 Å². The number of carbonyl (C=O) groups excluding carboxylic acids is 2. The maximum atomic E-state index is 12.9. The van der Waals surface area contributed by atoms with E-state index in [-0.39, 0.29) is 36.2 Å². The average molecular weight is 322 g/mol. The number of hydrogen-bond donors (Lipinski definition) is 2. The highest BCUT2D eigenvalue weighted by molar-refractivity contribution is 5.94. The Morgan fingerprint density at radius 2 is 2.09 bits per heavy atom. The number of likely N-dealkylation sites (tertiary alicyclic amines) is 1. The Bertz CT molecular complexity index is 547. The van der Waals surface area contributed by atoms with Gasteiger partial charge in [-0.1, -0.05) is 0 Å². The van der Waals surface area contributed by atoms with E-state index in [1.807, 2.05) is 6.92 Å². The molecular formula is C17H23FN2O3. The molecule has 1 aliphatic rings. The van der Waals surface area contributed by atoms with Crippen molar-refractivity contribution in [2.24, 2.45) is 5.92 Å². The van der Waals surface area contributed by atoms with Crippen LogP contribution in [-0.2, 0) is 4.79 Å². The zero-order chi connectivity index (χ0) is 16.8. The lowest BCUT2D eigenvalue weighted by Crippen LogP contribution is -2.47. The monoisotopic (exact) mass is 322 g/mol. The molecule has 2 N–H and O–H groups in total. The Balaban J connectivity index is 1.96. The van der Waals surface area contributed by atoms with Crippen molar-refractivity contribution >= 4 is 11.8 Å². The summed E-state index contributed by atoms with van der Waals surface area (Å²) in [5.74, 6) is -0.877. The minimum Gasteiger partial charge on any atom is -0.396 e. The van der Waals surface area contributed by atoms with Gasteiger partial charge in [0, 0.05) is 31.3 Å². The Labute approximate surface area is 135 Å². The normalized spacial score (nSPS) is 19.3. The maximum absolute atomic E-state index is 12.9. The average Bonchev–Trinajstić information content (AvgIpc) is 2.55. The molecule has 0 aromatic heterocycles. The van der Waals surface area contributed by atoms with Crippen LogP contribution in [0.5, 0.6) is 0 Å². The molecule has 1 aromatic carbocycles. The third kappa shape index (κ3) is 4.76. The minimum atomic E-state index is -0.379. The first-order chi connectivity index (χ1) is 11.0. The quantitative estimate of drug-likeness (QED) is 0.864. The zero-order valence-corrected chi connectivity index (χ0v) is 13.3.